The minimum Gasteiger partial charge on any atom is -0.353 e. The van der Waals surface area contributed by atoms with Crippen molar-refractivity contribution in [1.82, 2.24) is 15.0 Å². The van der Waals surface area contributed by atoms with Crippen LogP contribution in [0.25, 0.3) is 22.3 Å². The maximum Gasteiger partial charge on any atom is 0.257 e. The highest BCUT2D eigenvalue weighted by molar-refractivity contribution is 14.1. The number of hydrogen-bond acceptors (Lipinski definition) is 2. The average Bonchev–Trinajstić information content (AvgIpc) is 2.91. The summed E-state index contributed by atoms with van der Waals surface area (Å²) in [4.78, 5) is 22.6. The normalized spacial score (nSPS) is 10.3. The maximum atomic E-state index is 12.3. The van der Waals surface area contributed by atoms with Crippen LogP contribution in [0.2, 0.25) is 0 Å². The Morgan fingerprint density at radius 3 is 2.81 bits per heavy atom. The summed E-state index contributed by atoms with van der Waals surface area (Å²) in [6.07, 6.45) is 3.36. The average molecular weight is 389 g/mol. The number of nitrogens with one attached hydrogen (secondary N) is 2. The molecule has 3 aromatic heterocycles. The zero-order valence-electron chi connectivity index (χ0n) is 11.0. The van der Waals surface area contributed by atoms with Gasteiger partial charge in [-0.05, 0) is 59.0 Å². The zero-order valence-corrected chi connectivity index (χ0v) is 13.2. The lowest BCUT2D eigenvalue weighted by atomic mass is 10.2. The van der Waals surface area contributed by atoms with Gasteiger partial charge >= 0.3 is 0 Å². The summed E-state index contributed by atoms with van der Waals surface area (Å²) in [6, 6.07) is 15.1. The Morgan fingerprint density at radius 2 is 1.95 bits per heavy atom. The van der Waals surface area contributed by atoms with Gasteiger partial charge in [-0.3, -0.25) is 9.78 Å². The SMILES string of the molecule is O=c1[nH]cccccc(I)cc1-c1cc2ncccc2[nH]1. The van der Waals surface area contributed by atoms with Crippen molar-refractivity contribution in [1.29, 1.82) is 0 Å². The molecule has 3 aromatic rings. The Kier molecular flexibility index (Phi) is 4.01. The lowest BCUT2D eigenvalue weighted by Crippen LogP contribution is -2.05. The van der Waals surface area contributed by atoms with Crippen LogP contribution >= 0.6 is 22.6 Å². The molecule has 0 atom stereocenters. The summed E-state index contributed by atoms with van der Waals surface area (Å²) in [7, 11) is 0. The van der Waals surface area contributed by atoms with Crippen LogP contribution in [-0.4, -0.2) is 15.0 Å². The number of pyridine rings is 1. The van der Waals surface area contributed by atoms with E-state index >= 15 is 0 Å². The summed E-state index contributed by atoms with van der Waals surface area (Å²) < 4.78 is 0.968. The van der Waals surface area contributed by atoms with Gasteiger partial charge in [-0.25, -0.2) is 0 Å². The summed E-state index contributed by atoms with van der Waals surface area (Å²) in [5.74, 6) is 0. The van der Waals surface area contributed by atoms with Crippen LogP contribution < -0.4 is 5.56 Å². The van der Waals surface area contributed by atoms with Gasteiger partial charge in [-0.1, -0.05) is 12.1 Å². The zero-order chi connectivity index (χ0) is 14.7. The fourth-order valence-corrected chi connectivity index (χ4v) is 2.54. The number of H-pyrrole nitrogens is 2. The lowest BCUT2D eigenvalue weighted by Gasteiger charge is -1.94. The van der Waals surface area contributed by atoms with Crippen molar-refractivity contribution in [2.75, 3.05) is 0 Å². The van der Waals surface area contributed by atoms with Crippen LogP contribution in [0.1, 0.15) is 0 Å². The number of nitrogens with zero attached hydrogens (tertiary/aromatic N) is 1. The van der Waals surface area contributed by atoms with Crippen molar-refractivity contribution in [3.8, 4) is 11.3 Å². The molecule has 0 saturated heterocycles. The Bertz CT molecular complexity index is 864. The number of aromatic nitrogens is 3. The predicted molar refractivity (Wildman–Crippen MR) is 92.5 cm³/mol. The molecule has 0 radical (unpaired) electrons. The van der Waals surface area contributed by atoms with Gasteiger partial charge < -0.3 is 9.97 Å². The van der Waals surface area contributed by atoms with E-state index in [1.165, 1.54) is 0 Å². The molecule has 0 aliphatic rings. The first-order chi connectivity index (χ1) is 10.2. The highest BCUT2D eigenvalue weighted by Crippen LogP contribution is 2.20. The number of rotatable bonds is 1. The van der Waals surface area contributed by atoms with Gasteiger partial charge in [0.05, 0.1) is 22.3 Å². The molecule has 0 bridgehead atoms. The molecule has 5 heteroatoms. The van der Waals surface area contributed by atoms with E-state index in [0.29, 0.717) is 5.56 Å². The highest BCUT2D eigenvalue weighted by atomic mass is 127. The molecule has 0 saturated carbocycles. The molecule has 0 fully saturated rings. The largest absolute Gasteiger partial charge is 0.353 e. The molecule has 0 amide bonds. The van der Waals surface area contributed by atoms with Gasteiger partial charge in [0, 0.05) is 16.0 Å². The molecular formula is C16H12IN3O. The first-order valence-electron chi connectivity index (χ1n) is 6.40. The molecule has 0 aromatic carbocycles. The minimum absolute atomic E-state index is 0.157. The summed E-state index contributed by atoms with van der Waals surface area (Å²) in [5, 5.41) is 0. The third-order valence-electron chi connectivity index (χ3n) is 2.99. The number of halogens is 1. The van der Waals surface area contributed by atoms with Gasteiger partial charge in [0.15, 0.2) is 0 Å². The van der Waals surface area contributed by atoms with Crippen LogP contribution in [0.5, 0.6) is 0 Å². The quantitative estimate of drug-likeness (QED) is 0.625. The molecule has 3 heterocycles. The monoisotopic (exact) mass is 389 g/mol. The Balaban J connectivity index is 2.30. The van der Waals surface area contributed by atoms with Crippen molar-refractivity contribution in [3.63, 3.8) is 0 Å². The van der Waals surface area contributed by atoms with E-state index < -0.39 is 0 Å². The first kappa shape index (κ1) is 13.8. The van der Waals surface area contributed by atoms with Crippen LogP contribution in [-0.2, 0) is 0 Å². The number of aromatic amines is 2. The standard InChI is InChI=1S/C16H12IN3O/c17-11-5-2-1-3-7-19-16(21)12(9-11)14-10-15-13(20-14)6-4-8-18-15/h1-10,20H,(H,19,21). The number of fused-ring (bicyclic) bond motifs is 1. The lowest BCUT2D eigenvalue weighted by molar-refractivity contribution is 1.25. The van der Waals surface area contributed by atoms with Gasteiger partial charge in [0.2, 0.25) is 0 Å². The van der Waals surface area contributed by atoms with E-state index in [1.54, 1.807) is 18.5 Å². The molecule has 2 N–H and O–H groups in total. The third-order valence-corrected chi connectivity index (χ3v) is 3.67. The topological polar surface area (TPSA) is 61.5 Å². The first-order valence-corrected chi connectivity index (χ1v) is 7.47. The Morgan fingerprint density at radius 1 is 1.05 bits per heavy atom. The van der Waals surface area contributed by atoms with Crippen molar-refractivity contribution in [2.24, 2.45) is 0 Å². The smallest absolute Gasteiger partial charge is 0.257 e. The van der Waals surface area contributed by atoms with Gasteiger partial charge in [0.1, 0.15) is 0 Å². The molecule has 0 aliphatic heterocycles. The van der Waals surface area contributed by atoms with Gasteiger partial charge in [0.25, 0.3) is 5.56 Å². The molecule has 0 aliphatic carbocycles. The second kappa shape index (κ2) is 6.09. The minimum atomic E-state index is -0.157. The summed E-state index contributed by atoms with van der Waals surface area (Å²) in [6.45, 7) is 0. The molecule has 104 valence electrons. The van der Waals surface area contributed by atoms with E-state index in [1.807, 2.05) is 42.5 Å². The van der Waals surface area contributed by atoms with Crippen LogP contribution in [0.15, 0.2) is 65.7 Å². The fraction of sp³-hybridized carbons (Fsp3) is 0. The van der Waals surface area contributed by atoms with Crippen molar-refractivity contribution in [3.05, 3.63) is 74.8 Å². The maximum absolute atomic E-state index is 12.3. The van der Waals surface area contributed by atoms with Gasteiger partial charge in [-0.2, -0.15) is 0 Å². The predicted octanol–water partition coefficient (Wildman–Crippen LogP) is 3.65. The third kappa shape index (κ3) is 3.13. The molecular weight excluding hydrogens is 377 g/mol. The molecule has 0 spiro atoms. The highest BCUT2D eigenvalue weighted by Gasteiger charge is 2.06. The molecule has 3 rings (SSSR count). The van der Waals surface area contributed by atoms with E-state index in [0.717, 1.165) is 20.3 Å². The Hall–Kier alpha value is -2.15. The van der Waals surface area contributed by atoms with Crippen LogP contribution in [0.3, 0.4) is 0 Å². The van der Waals surface area contributed by atoms with E-state index in [2.05, 4.69) is 37.5 Å². The summed E-state index contributed by atoms with van der Waals surface area (Å²) >= 11 is 2.20. The van der Waals surface area contributed by atoms with Crippen molar-refractivity contribution in [2.45, 2.75) is 0 Å². The second-order valence-corrected chi connectivity index (χ2v) is 5.69. The molecule has 0 unspecified atom stereocenters. The van der Waals surface area contributed by atoms with Crippen molar-refractivity contribution >= 4 is 33.6 Å². The summed E-state index contributed by atoms with van der Waals surface area (Å²) in [5.41, 5.74) is 2.92. The number of hydrogen-bond donors (Lipinski definition) is 2. The second-order valence-electron chi connectivity index (χ2n) is 4.45. The molecule has 4 nitrogen and oxygen atoms in total. The Labute approximate surface area is 134 Å². The van der Waals surface area contributed by atoms with Crippen LogP contribution in [0, 0.1) is 3.57 Å². The van der Waals surface area contributed by atoms with Gasteiger partial charge in [-0.15, -0.1) is 0 Å². The van der Waals surface area contributed by atoms with E-state index in [9.17, 15) is 4.79 Å². The van der Waals surface area contributed by atoms with E-state index in [-0.39, 0.29) is 5.56 Å². The van der Waals surface area contributed by atoms with Crippen LogP contribution in [0.4, 0.5) is 0 Å². The van der Waals surface area contributed by atoms with Crippen molar-refractivity contribution < 1.29 is 0 Å². The van der Waals surface area contributed by atoms with E-state index in [4.69, 9.17) is 0 Å². The molecule has 21 heavy (non-hydrogen) atoms. The fourth-order valence-electron chi connectivity index (χ4n) is 2.02.